The van der Waals surface area contributed by atoms with Gasteiger partial charge in [0.05, 0.1) is 5.71 Å². The van der Waals surface area contributed by atoms with Crippen molar-refractivity contribution in [1.82, 2.24) is 0 Å². The van der Waals surface area contributed by atoms with Gasteiger partial charge in [-0.25, -0.2) is 0 Å². The molecule has 0 fully saturated rings. The predicted octanol–water partition coefficient (Wildman–Crippen LogP) is 3.60. The highest BCUT2D eigenvalue weighted by Crippen LogP contribution is 2.02. The molecule has 0 amide bonds. The summed E-state index contributed by atoms with van der Waals surface area (Å²) in [7, 11) is 0. The lowest BCUT2D eigenvalue weighted by Gasteiger charge is -2.00. The number of hydrogen-bond acceptors (Lipinski definition) is 2. The third-order valence-electron chi connectivity index (χ3n) is 1.90. The molecule has 0 heterocycles. The Labute approximate surface area is 93.2 Å². The first-order valence-corrected chi connectivity index (χ1v) is 4.93. The van der Waals surface area contributed by atoms with E-state index in [0.29, 0.717) is 0 Å². The summed E-state index contributed by atoms with van der Waals surface area (Å²) in [6.45, 7) is 1.96. The fourth-order valence-corrected chi connectivity index (χ4v) is 1.10. The van der Waals surface area contributed by atoms with Crippen LogP contribution in [0.5, 0.6) is 0 Å². The van der Waals surface area contributed by atoms with Crippen LogP contribution in [0.15, 0.2) is 47.6 Å². The average Bonchev–Trinajstić information content (AvgIpc) is 2.29. The van der Waals surface area contributed by atoms with E-state index >= 15 is 0 Å². The lowest BCUT2D eigenvalue weighted by Crippen LogP contribution is -1.96. The second-order valence-electron chi connectivity index (χ2n) is 3.16. The average molecular weight is 225 g/mol. The highest BCUT2D eigenvalue weighted by Gasteiger charge is 1.95. The van der Waals surface area contributed by atoms with Crippen molar-refractivity contribution >= 4 is 5.71 Å². The SMILES string of the molecule is CC(=NOCCC=C(F)F)c1ccccc1. The molecule has 0 aromatic heterocycles. The highest BCUT2D eigenvalue weighted by molar-refractivity contribution is 5.98. The van der Waals surface area contributed by atoms with Gasteiger partial charge in [0.15, 0.2) is 0 Å². The molecular formula is C12H13F2NO. The van der Waals surface area contributed by atoms with Crippen LogP contribution in [0.4, 0.5) is 8.78 Å². The smallest absolute Gasteiger partial charge is 0.266 e. The normalized spacial score (nSPS) is 11.1. The van der Waals surface area contributed by atoms with Gasteiger partial charge in [0, 0.05) is 6.42 Å². The van der Waals surface area contributed by atoms with Crippen molar-refractivity contribution < 1.29 is 13.6 Å². The van der Waals surface area contributed by atoms with Crippen molar-refractivity contribution in [3.05, 3.63) is 48.1 Å². The van der Waals surface area contributed by atoms with Crippen LogP contribution in [-0.4, -0.2) is 12.3 Å². The number of benzene rings is 1. The van der Waals surface area contributed by atoms with Crippen LogP contribution in [0.25, 0.3) is 0 Å². The molecule has 0 saturated heterocycles. The molecule has 1 aromatic rings. The monoisotopic (exact) mass is 225 g/mol. The van der Waals surface area contributed by atoms with Crippen LogP contribution in [-0.2, 0) is 4.84 Å². The van der Waals surface area contributed by atoms with Crippen molar-refractivity contribution in [2.24, 2.45) is 5.16 Å². The number of nitrogens with zero attached hydrogens (tertiary/aromatic N) is 1. The van der Waals surface area contributed by atoms with E-state index in [1.807, 2.05) is 30.3 Å². The van der Waals surface area contributed by atoms with Gasteiger partial charge in [-0.3, -0.25) is 0 Å². The molecule has 0 spiro atoms. The standard InChI is InChI=1S/C12H13F2NO/c1-10(11-6-3-2-4-7-11)15-16-9-5-8-12(13)14/h2-4,6-8H,5,9H2,1H3. The molecule has 0 aliphatic heterocycles. The highest BCUT2D eigenvalue weighted by atomic mass is 19.3. The maximum absolute atomic E-state index is 11.7. The van der Waals surface area contributed by atoms with Crippen LogP contribution in [0, 0.1) is 0 Å². The first-order valence-electron chi connectivity index (χ1n) is 4.93. The van der Waals surface area contributed by atoms with Crippen LogP contribution in [0.1, 0.15) is 18.9 Å². The van der Waals surface area contributed by atoms with Gasteiger partial charge in [0.25, 0.3) is 6.08 Å². The number of rotatable bonds is 5. The van der Waals surface area contributed by atoms with Gasteiger partial charge < -0.3 is 4.84 Å². The second-order valence-corrected chi connectivity index (χ2v) is 3.16. The van der Waals surface area contributed by atoms with Crippen molar-refractivity contribution in [2.45, 2.75) is 13.3 Å². The largest absolute Gasteiger partial charge is 0.395 e. The summed E-state index contributed by atoms with van der Waals surface area (Å²) >= 11 is 0. The molecule has 0 saturated carbocycles. The fourth-order valence-electron chi connectivity index (χ4n) is 1.10. The van der Waals surface area contributed by atoms with Gasteiger partial charge in [0.1, 0.15) is 6.61 Å². The molecule has 16 heavy (non-hydrogen) atoms. The minimum atomic E-state index is -1.69. The Morgan fingerprint density at radius 1 is 1.31 bits per heavy atom. The van der Waals surface area contributed by atoms with Gasteiger partial charge in [-0.1, -0.05) is 35.5 Å². The van der Waals surface area contributed by atoms with E-state index in [-0.39, 0.29) is 13.0 Å². The zero-order valence-corrected chi connectivity index (χ0v) is 8.99. The minimum absolute atomic E-state index is 0.154. The van der Waals surface area contributed by atoms with E-state index in [2.05, 4.69) is 5.16 Å². The Morgan fingerprint density at radius 3 is 2.62 bits per heavy atom. The van der Waals surface area contributed by atoms with Crippen LogP contribution in [0.2, 0.25) is 0 Å². The Morgan fingerprint density at radius 2 is 2.00 bits per heavy atom. The summed E-state index contributed by atoms with van der Waals surface area (Å²) in [4.78, 5) is 4.91. The van der Waals surface area contributed by atoms with Gasteiger partial charge in [-0.2, -0.15) is 8.78 Å². The lowest BCUT2D eigenvalue weighted by atomic mass is 10.1. The first kappa shape index (κ1) is 12.4. The van der Waals surface area contributed by atoms with Gasteiger partial charge in [-0.15, -0.1) is 0 Å². The molecule has 4 heteroatoms. The zero-order valence-electron chi connectivity index (χ0n) is 8.99. The maximum atomic E-state index is 11.7. The molecule has 1 rings (SSSR count). The summed E-state index contributed by atoms with van der Waals surface area (Å²) in [5.41, 5.74) is 1.68. The molecule has 0 radical (unpaired) electrons. The molecule has 0 atom stereocenters. The van der Waals surface area contributed by atoms with Crippen LogP contribution in [0.3, 0.4) is 0 Å². The van der Waals surface area contributed by atoms with Crippen molar-refractivity contribution in [2.75, 3.05) is 6.61 Å². The summed E-state index contributed by atoms with van der Waals surface area (Å²) < 4.78 is 23.3. The molecular weight excluding hydrogens is 212 g/mol. The molecule has 0 aliphatic carbocycles. The molecule has 0 aliphatic rings. The van der Waals surface area contributed by atoms with Gasteiger partial charge in [0.2, 0.25) is 0 Å². The summed E-state index contributed by atoms with van der Waals surface area (Å²) in [6, 6.07) is 9.52. The summed E-state index contributed by atoms with van der Waals surface area (Å²) in [5.74, 6) is 0. The van der Waals surface area contributed by atoms with E-state index in [9.17, 15) is 8.78 Å². The Hall–Kier alpha value is -1.71. The quantitative estimate of drug-likeness (QED) is 0.426. The Balaban J connectivity index is 2.38. The van der Waals surface area contributed by atoms with E-state index in [1.54, 1.807) is 6.92 Å². The van der Waals surface area contributed by atoms with E-state index in [1.165, 1.54) is 0 Å². The molecule has 0 unspecified atom stereocenters. The summed E-state index contributed by atoms with van der Waals surface area (Å²) in [5, 5.41) is 3.83. The number of oxime groups is 1. The fraction of sp³-hybridized carbons (Fsp3) is 0.250. The molecule has 1 aromatic carbocycles. The predicted molar refractivity (Wildman–Crippen MR) is 59.5 cm³/mol. The Bertz CT molecular complexity index is 370. The van der Waals surface area contributed by atoms with Gasteiger partial charge >= 0.3 is 0 Å². The number of hydrogen-bond donors (Lipinski definition) is 0. The second kappa shape index (κ2) is 6.71. The van der Waals surface area contributed by atoms with E-state index in [0.717, 1.165) is 17.4 Å². The molecule has 86 valence electrons. The maximum Gasteiger partial charge on any atom is 0.266 e. The molecule has 0 N–H and O–H groups in total. The topological polar surface area (TPSA) is 21.6 Å². The zero-order chi connectivity index (χ0) is 11.8. The third-order valence-corrected chi connectivity index (χ3v) is 1.90. The minimum Gasteiger partial charge on any atom is -0.395 e. The molecule has 2 nitrogen and oxygen atoms in total. The van der Waals surface area contributed by atoms with Crippen molar-refractivity contribution in [3.63, 3.8) is 0 Å². The van der Waals surface area contributed by atoms with Crippen LogP contribution < -0.4 is 0 Å². The third kappa shape index (κ3) is 4.68. The van der Waals surface area contributed by atoms with E-state index < -0.39 is 6.08 Å². The van der Waals surface area contributed by atoms with Gasteiger partial charge in [-0.05, 0) is 18.6 Å². The number of halogens is 2. The van der Waals surface area contributed by atoms with Crippen molar-refractivity contribution in [1.29, 1.82) is 0 Å². The lowest BCUT2D eigenvalue weighted by molar-refractivity contribution is 0.148. The van der Waals surface area contributed by atoms with Crippen LogP contribution >= 0.6 is 0 Å². The first-order chi connectivity index (χ1) is 7.70. The van der Waals surface area contributed by atoms with Crippen molar-refractivity contribution in [3.8, 4) is 0 Å². The summed E-state index contributed by atoms with van der Waals surface area (Å²) in [6.07, 6.45) is -0.714. The molecule has 0 bridgehead atoms. The van der Waals surface area contributed by atoms with E-state index in [4.69, 9.17) is 4.84 Å². The Kier molecular flexibility index (Phi) is 5.19.